The van der Waals surface area contributed by atoms with E-state index in [1.54, 1.807) is 32.0 Å². The smallest absolute Gasteiger partial charge is 0.338 e. The van der Waals surface area contributed by atoms with Crippen LogP contribution in [-0.2, 0) is 57.1 Å². The first kappa shape index (κ1) is 37.9. The van der Waals surface area contributed by atoms with Crippen molar-refractivity contribution in [1.29, 1.82) is 0 Å². The van der Waals surface area contributed by atoms with E-state index in [4.69, 9.17) is 33.2 Å². The van der Waals surface area contributed by atoms with Crippen LogP contribution < -0.4 is 0 Å². The van der Waals surface area contributed by atoms with Gasteiger partial charge in [-0.15, -0.1) is 0 Å². The summed E-state index contributed by atoms with van der Waals surface area (Å²) in [6.07, 6.45) is -7.91. The van der Waals surface area contributed by atoms with Gasteiger partial charge in [0, 0.05) is 47.5 Å². The number of esters is 6. The van der Waals surface area contributed by atoms with Crippen molar-refractivity contribution in [3.63, 3.8) is 0 Å². The molecular formula is C37H46O14. The zero-order chi connectivity index (χ0) is 37.8. The Labute approximate surface area is 296 Å². The standard InChI is InChI=1S/C37H46O14/c1-18-25(46-19(2)38)16-36(34(7,8)44)28(18)29(50-33(43)24-13-11-10-12-14-24)31(48-21(4)40)35(9)26(47-20(3)39)15-27-37(17-45-27,51-23(6)42)30(35)32(36)49-22(5)41/h10-14,25-27,29-32,44H,15-17H2,1-9H3. The molecule has 1 aromatic carbocycles. The Morgan fingerprint density at radius 1 is 0.804 bits per heavy atom. The largest absolute Gasteiger partial charge is 0.462 e. The highest BCUT2D eigenvalue weighted by atomic mass is 16.6. The summed E-state index contributed by atoms with van der Waals surface area (Å²) in [5.41, 5.74) is -6.26. The Bertz CT molecular complexity index is 1640. The van der Waals surface area contributed by atoms with E-state index in [0.29, 0.717) is 5.57 Å². The van der Waals surface area contributed by atoms with Crippen molar-refractivity contribution in [3.8, 4) is 0 Å². The SMILES string of the molecule is CC(=O)OC1CC2(C(C)(C)O)C(=C1C)C(OC(=O)c1ccccc1)C(OC(C)=O)C1(C)C(OC(C)=O)CC3OCC3(OC(C)=O)C1C2OC(C)=O. The van der Waals surface area contributed by atoms with Gasteiger partial charge in [0.25, 0.3) is 0 Å². The highest BCUT2D eigenvalue weighted by Gasteiger charge is 2.81. The van der Waals surface area contributed by atoms with E-state index in [1.165, 1.54) is 53.7 Å². The van der Waals surface area contributed by atoms with Crippen molar-refractivity contribution in [2.45, 2.75) is 123 Å². The second-order valence-corrected chi connectivity index (χ2v) is 14.7. The molecule has 1 aliphatic heterocycles. The number of hydrogen-bond donors (Lipinski definition) is 1. The molecule has 0 spiro atoms. The number of fused-ring (bicyclic) bond motifs is 4. The van der Waals surface area contributed by atoms with Crippen LogP contribution in [-0.4, -0.2) is 95.4 Å². The highest BCUT2D eigenvalue weighted by Crippen LogP contribution is 2.69. The van der Waals surface area contributed by atoms with Gasteiger partial charge >= 0.3 is 35.8 Å². The zero-order valence-electron chi connectivity index (χ0n) is 30.3. The van der Waals surface area contributed by atoms with Gasteiger partial charge in [-0.2, -0.15) is 0 Å². The van der Waals surface area contributed by atoms with Crippen LogP contribution in [0.4, 0.5) is 0 Å². The Hall–Kier alpha value is -4.30. The third-order valence-electron chi connectivity index (χ3n) is 11.1. The monoisotopic (exact) mass is 714 g/mol. The molecule has 0 aromatic heterocycles. The summed E-state index contributed by atoms with van der Waals surface area (Å²) in [7, 11) is 0. The quantitative estimate of drug-likeness (QED) is 0.235. The van der Waals surface area contributed by atoms with Crippen molar-refractivity contribution in [1.82, 2.24) is 0 Å². The lowest BCUT2D eigenvalue weighted by molar-refractivity contribution is -0.352. The minimum Gasteiger partial charge on any atom is -0.462 e. The molecule has 10 atom stereocenters. The number of rotatable bonds is 8. The average Bonchev–Trinajstić information content (AvgIpc) is 3.26. The minimum atomic E-state index is -1.88. The van der Waals surface area contributed by atoms with Crippen LogP contribution in [0.2, 0.25) is 0 Å². The van der Waals surface area contributed by atoms with Crippen LogP contribution in [0.5, 0.6) is 0 Å². The number of ether oxygens (including phenoxy) is 7. The Morgan fingerprint density at radius 3 is 1.86 bits per heavy atom. The van der Waals surface area contributed by atoms with Crippen molar-refractivity contribution in [2.24, 2.45) is 16.7 Å². The van der Waals surface area contributed by atoms with Crippen molar-refractivity contribution < 1.29 is 67.0 Å². The summed E-state index contributed by atoms with van der Waals surface area (Å²) >= 11 is 0. The van der Waals surface area contributed by atoms with Crippen molar-refractivity contribution in [3.05, 3.63) is 47.0 Å². The van der Waals surface area contributed by atoms with Crippen LogP contribution in [0.25, 0.3) is 0 Å². The number of carbonyl (C=O) groups is 6. The Kier molecular flexibility index (Phi) is 9.93. The Morgan fingerprint density at radius 2 is 1.37 bits per heavy atom. The molecule has 1 N–H and O–H groups in total. The molecule has 51 heavy (non-hydrogen) atoms. The molecule has 0 amide bonds. The summed E-state index contributed by atoms with van der Waals surface area (Å²) in [6, 6.07) is 8.04. The van der Waals surface area contributed by atoms with Crippen LogP contribution in [0, 0.1) is 16.7 Å². The van der Waals surface area contributed by atoms with Crippen molar-refractivity contribution >= 4 is 35.8 Å². The van der Waals surface area contributed by atoms with Gasteiger partial charge in [0.2, 0.25) is 0 Å². The van der Waals surface area contributed by atoms with Gasteiger partial charge < -0.3 is 38.3 Å². The van der Waals surface area contributed by atoms with Crippen LogP contribution in [0.3, 0.4) is 0 Å². The maximum absolute atomic E-state index is 14.1. The molecule has 3 fully saturated rings. The summed E-state index contributed by atoms with van der Waals surface area (Å²) < 4.78 is 42.8. The van der Waals surface area contributed by atoms with E-state index < -0.39 is 100 Å². The summed E-state index contributed by atoms with van der Waals surface area (Å²) in [4.78, 5) is 78.9. The molecule has 14 heteroatoms. The van der Waals surface area contributed by atoms with E-state index in [2.05, 4.69) is 0 Å². The van der Waals surface area contributed by atoms with Crippen LogP contribution in [0.15, 0.2) is 41.5 Å². The molecule has 5 rings (SSSR count). The fourth-order valence-electron chi connectivity index (χ4n) is 9.28. The van der Waals surface area contributed by atoms with Gasteiger partial charge in [0.15, 0.2) is 17.8 Å². The third kappa shape index (κ3) is 6.19. The lowest BCUT2D eigenvalue weighted by Gasteiger charge is -2.65. The summed E-state index contributed by atoms with van der Waals surface area (Å²) in [6.45, 7) is 12.0. The van der Waals surface area contributed by atoms with Gasteiger partial charge in [0.1, 0.15) is 24.4 Å². The second kappa shape index (κ2) is 13.4. The second-order valence-electron chi connectivity index (χ2n) is 14.7. The first-order valence-corrected chi connectivity index (χ1v) is 16.9. The molecule has 14 nitrogen and oxygen atoms in total. The third-order valence-corrected chi connectivity index (χ3v) is 11.1. The molecule has 3 aliphatic carbocycles. The molecule has 0 radical (unpaired) electrons. The van der Waals surface area contributed by atoms with E-state index >= 15 is 0 Å². The number of benzene rings is 1. The lowest BCUT2D eigenvalue weighted by Crippen LogP contribution is -2.79. The molecular weight excluding hydrogens is 668 g/mol. The Balaban J connectivity index is 1.96. The number of carbonyl (C=O) groups excluding carboxylic acids is 6. The lowest BCUT2D eigenvalue weighted by atomic mass is 9.49. The van der Waals surface area contributed by atoms with E-state index in [0.717, 1.165) is 6.92 Å². The van der Waals surface area contributed by atoms with Crippen molar-refractivity contribution in [2.75, 3.05) is 6.61 Å². The molecule has 1 heterocycles. The van der Waals surface area contributed by atoms with Gasteiger partial charge in [-0.3, -0.25) is 24.0 Å². The molecule has 4 aliphatic rings. The minimum absolute atomic E-state index is 0.0482. The van der Waals surface area contributed by atoms with Gasteiger partial charge in [-0.1, -0.05) is 25.1 Å². The predicted molar refractivity (Wildman–Crippen MR) is 174 cm³/mol. The molecule has 2 saturated carbocycles. The predicted octanol–water partition coefficient (Wildman–Crippen LogP) is 3.16. The molecule has 1 saturated heterocycles. The molecule has 278 valence electrons. The summed E-state index contributed by atoms with van der Waals surface area (Å²) in [5.74, 6) is -5.73. The maximum Gasteiger partial charge on any atom is 0.338 e. The normalized spacial score (nSPS) is 35.4. The number of aliphatic hydroxyl groups is 1. The number of hydrogen-bond acceptors (Lipinski definition) is 14. The first-order chi connectivity index (χ1) is 23.7. The fraction of sp³-hybridized carbons (Fsp3) is 0.622. The highest BCUT2D eigenvalue weighted by molar-refractivity contribution is 5.89. The maximum atomic E-state index is 14.1. The molecule has 0 bridgehead atoms. The van der Waals surface area contributed by atoms with Gasteiger partial charge in [-0.05, 0) is 44.1 Å². The topological polar surface area (TPSA) is 187 Å². The van der Waals surface area contributed by atoms with Crippen LogP contribution >= 0.6 is 0 Å². The van der Waals surface area contributed by atoms with Gasteiger partial charge in [-0.25, -0.2) is 4.79 Å². The van der Waals surface area contributed by atoms with E-state index in [1.807, 2.05) is 0 Å². The first-order valence-electron chi connectivity index (χ1n) is 16.9. The molecule has 1 aromatic rings. The van der Waals surface area contributed by atoms with Gasteiger partial charge in [0.05, 0.1) is 34.5 Å². The van der Waals surface area contributed by atoms with Crippen LogP contribution in [0.1, 0.15) is 85.5 Å². The van der Waals surface area contributed by atoms with E-state index in [-0.39, 0.29) is 30.6 Å². The zero-order valence-corrected chi connectivity index (χ0v) is 30.3. The fourth-order valence-corrected chi connectivity index (χ4v) is 9.28. The molecule has 10 unspecified atom stereocenters. The van der Waals surface area contributed by atoms with E-state index in [9.17, 15) is 33.9 Å². The summed E-state index contributed by atoms with van der Waals surface area (Å²) in [5, 5.41) is 12.5. The average molecular weight is 715 g/mol.